The van der Waals surface area contributed by atoms with Gasteiger partial charge >= 0.3 is 0 Å². The monoisotopic (exact) mass is 535 g/mol. The molecule has 3 N–H and O–H groups in total. The first-order valence-corrected chi connectivity index (χ1v) is 13.0. The number of aliphatic hydroxyl groups is 1. The minimum atomic E-state index is -1.12. The average Bonchev–Trinajstić information content (AvgIpc) is 3.39. The number of fused-ring (bicyclic) bond motifs is 1. The van der Waals surface area contributed by atoms with Gasteiger partial charge in [-0.25, -0.2) is 0 Å². The Morgan fingerprint density at radius 1 is 1.26 bits per heavy atom. The zero-order chi connectivity index (χ0) is 24.6. The molecule has 3 amide bonds. The summed E-state index contributed by atoms with van der Waals surface area (Å²) in [5, 5.41) is 16.2. The summed E-state index contributed by atoms with van der Waals surface area (Å²) in [6, 6.07) is 7.90. The van der Waals surface area contributed by atoms with E-state index in [1.165, 1.54) is 4.90 Å². The van der Waals surface area contributed by atoms with E-state index in [-0.39, 0.29) is 35.2 Å². The Kier molecular flexibility index (Phi) is 7.36. The topological polar surface area (TPSA) is 108 Å². The Morgan fingerprint density at radius 2 is 1.97 bits per heavy atom. The second-order valence-electron chi connectivity index (χ2n) is 9.89. The highest BCUT2D eigenvalue weighted by molar-refractivity contribution is 9.09. The number of aliphatic hydroxyl groups excluding tert-OH is 1. The molecule has 186 valence electrons. The molecule has 3 aliphatic rings. The van der Waals surface area contributed by atoms with Crippen molar-refractivity contribution in [1.82, 2.24) is 15.5 Å². The lowest BCUT2D eigenvalue weighted by atomic mass is 9.70. The molecule has 0 saturated carbocycles. The van der Waals surface area contributed by atoms with Crippen molar-refractivity contribution in [1.29, 1.82) is 0 Å². The van der Waals surface area contributed by atoms with Crippen molar-refractivity contribution >= 4 is 33.7 Å². The van der Waals surface area contributed by atoms with E-state index in [9.17, 15) is 19.5 Å². The maximum atomic E-state index is 14.0. The van der Waals surface area contributed by atoms with Gasteiger partial charge in [-0.05, 0) is 38.7 Å². The highest BCUT2D eigenvalue weighted by Gasteiger charge is 2.77. The molecular formula is C25H34BrN3O5. The predicted molar refractivity (Wildman–Crippen MR) is 130 cm³/mol. The summed E-state index contributed by atoms with van der Waals surface area (Å²) in [4.78, 5) is 42.1. The maximum Gasteiger partial charge on any atom is 0.246 e. The second kappa shape index (κ2) is 9.95. The summed E-state index contributed by atoms with van der Waals surface area (Å²) < 4.78 is 6.46. The molecule has 4 rings (SSSR count). The first-order valence-electron chi connectivity index (χ1n) is 12.1. The molecule has 1 aromatic rings. The zero-order valence-corrected chi connectivity index (χ0v) is 21.5. The van der Waals surface area contributed by atoms with E-state index >= 15 is 0 Å². The van der Waals surface area contributed by atoms with Gasteiger partial charge in [-0.15, -0.1) is 0 Å². The number of likely N-dealkylation sites (tertiary alicyclic amines) is 1. The molecule has 8 nitrogen and oxygen atoms in total. The van der Waals surface area contributed by atoms with Crippen LogP contribution in [-0.4, -0.2) is 75.5 Å². The number of ether oxygens (including phenoxy) is 1. The van der Waals surface area contributed by atoms with E-state index in [1.54, 1.807) is 0 Å². The van der Waals surface area contributed by atoms with E-state index in [0.29, 0.717) is 19.4 Å². The van der Waals surface area contributed by atoms with E-state index in [4.69, 9.17) is 4.74 Å². The summed E-state index contributed by atoms with van der Waals surface area (Å²) in [5.74, 6) is -2.28. The minimum absolute atomic E-state index is 0.136. The molecule has 9 heteroatoms. The Hall–Kier alpha value is -1.97. The molecule has 1 spiro atoms. The van der Waals surface area contributed by atoms with Gasteiger partial charge in [-0.1, -0.05) is 53.2 Å². The van der Waals surface area contributed by atoms with E-state index < -0.39 is 35.6 Å². The van der Waals surface area contributed by atoms with Gasteiger partial charge in [0.15, 0.2) is 0 Å². The molecule has 3 heterocycles. The Labute approximate surface area is 208 Å². The number of nitrogens with zero attached hydrogens (tertiary/aromatic N) is 1. The summed E-state index contributed by atoms with van der Waals surface area (Å²) in [7, 11) is 0. The number of alkyl halides is 1. The van der Waals surface area contributed by atoms with Crippen LogP contribution in [0.25, 0.3) is 0 Å². The van der Waals surface area contributed by atoms with Crippen molar-refractivity contribution in [2.45, 2.75) is 74.7 Å². The average molecular weight is 536 g/mol. The first-order chi connectivity index (χ1) is 16.2. The molecule has 0 aromatic heterocycles. The van der Waals surface area contributed by atoms with Crippen LogP contribution in [0.5, 0.6) is 0 Å². The van der Waals surface area contributed by atoms with Crippen LogP contribution >= 0.6 is 15.9 Å². The number of nitrogens with one attached hydrogen (secondary N) is 2. The van der Waals surface area contributed by atoms with Crippen LogP contribution in [0.2, 0.25) is 0 Å². The number of carbonyl (C=O) groups excluding carboxylic acids is 3. The lowest BCUT2D eigenvalue weighted by molar-refractivity contribution is -0.145. The van der Waals surface area contributed by atoms with Gasteiger partial charge < -0.3 is 25.4 Å². The normalized spacial score (nSPS) is 32.7. The summed E-state index contributed by atoms with van der Waals surface area (Å²) in [6.45, 7) is 5.91. The summed E-state index contributed by atoms with van der Waals surface area (Å²) >= 11 is 3.66. The fourth-order valence-electron chi connectivity index (χ4n) is 5.93. The molecule has 0 aliphatic carbocycles. The third-order valence-electron chi connectivity index (χ3n) is 7.18. The standard InChI is InChI=1S/C25H34BrN3O5/c1-4-10-27-22(31)18-19-24(33)29(16(13-30)11-15-8-6-5-7-9-15)21(23(32)28-14(2)3)25(19)12-17(26)20(18)34-25/h5-9,14,16-21,30H,4,10-13H2,1-3H3,(H,27,31)(H,28,32)/t16-,17?,18-,19+,20-,21?,25?/m1/s1. The van der Waals surface area contributed by atoms with Crippen molar-refractivity contribution in [2.75, 3.05) is 13.2 Å². The van der Waals surface area contributed by atoms with Crippen molar-refractivity contribution in [3.05, 3.63) is 35.9 Å². The van der Waals surface area contributed by atoms with Crippen LogP contribution in [0.4, 0.5) is 0 Å². The van der Waals surface area contributed by atoms with E-state index in [0.717, 1.165) is 12.0 Å². The Balaban J connectivity index is 1.75. The lowest BCUT2D eigenvalue weighted by Gasteiger charge is -2.37. The Morgan fingerprint density at radius 3 is 2.59 bits per heavy atom. The van der Waals surface area contributed by atoms with Gasteiger partial charge in [0, 0.05) is 17.4 Å². The molecule has 3 aliphatic heterocycles. The van der Waals surface area contributed by atoms with Crippen molar-refractivity contribution in [3.8, 4) is 0 Å². The largest absolute Gasteiger partial charge is 0.394 e. The van der Waals surface area contributed by atoms with Crippen LogP contribution in [0.3, 0.4) is 0 Å². The fourth-order valence-corrected chi connectivity index (χ4v) is 6.87. The van der Waals surface area contributed by atoms with Crippen molar-refractivity contribution in [3.63, 3.8) is 0 Å². The molecular weight excluding hydrogens is 502 g/mol. The third-order valence-corrected chi connectivity index (χ3v) is 8.02. The molecule has 2 bridgehead atoms. The number of carbonyl (C=O) groups is 3. The van der Waals surface area contributed by atoms with Crippen molar-refractivity contribution in [2.24, 2.45) is 11.8 Å². The SMILES string of the molecule is CCCNC(=O)[C@H]1[C@@H]2OC3(CC2Br)C(C(=O)NC(C)C)N([C@@H](CO)Cc2ccccc2)C(=O)[C@H]13. The van der Waals surface area contributed by atoms with Gasteiger partial charge in [0.05, 0.1) is 30.6 Å². The smallest absolute Gasteiger partial charge is 0.246 e. The number of hydrogen-bond donors (Lipinski definition) is 3. The van der Waals surface area contributed by atoms with Crippen LogP contribution in [0, 0.1) is 11.8 Å². The number of hydrogen-bond acceptors (Lipinski definition) is 5. The van der Waals surface area contributed by atoms with Crippen molar-refractivity contribution < 1.29 is 24.2 Å². The maximum absolute atomic E-state index is 14.0. The molecule has 3 saturated heterocycles. The fraction of sp³-hybridized carbons (Fsp3) is 0.640. The molecule has 1 aromatic carbocycles. The molecule has 34 heavy (non-hydrogen) atoms. The number of halogens is 1. The van der Waals surface area contributed by atoms with Crippen LogP contribution in [0.15, 0.2) is 30.3 Å². The van der Waals surface area contributed by atoms with Crippen LogP contribution in [-0.2, 0) is 25.5 Å². The van der Waals surface area contributed by atoms with Gasteiger partial charge in [0.2, 0.25) is 17.7 Å². The number of benzene rings is 1. The Bertz CT molecular complexity index is 928. The minimum Gasteiger partial charge on any atom is -0.394 e. The molecule has 0 radical (unpaired) electrons. The summed E-state index contributed by atoms with van der Waals surface area (Å²) in [5.41, 5.74) is -0.166. The zero-order valence-electron chi connectivity index (χ0n) is 19.9. The highest BCUT2D eigenvalue weighted by atomic mass is 79.9. The van der Waals surface area contributed by atoms with Crippen LogP contribution in [0.1, 0.15) is 39.2 Å². The molecule has 3 unspecified atom stereocenters. The third kappa shape index (κ3) is 4.16. The molecule has 7 atom stereocenters. The predicted octanol–water partition coefficient (Wildman–Crippen LogP) is 1.39. The number of rotatable bonds is 9. The first kappa shape index (κ1) is 25.1. The van der Waals surface area contributed by atoms with E-state index in [2.05, 4.69) is 26.6 Å². The number of amides is 3. The second-order valence-corrected chi connectivity index (χ2v) is 11.1. The van der Waals surface area contributed by atoms with Gasteiger partial charge in [-0.2, -0.15) is 0 Å². The van der Waals surface area contributed by atoms with Gasteiger partial charge in [0.25, 0.3) is 0 Å². The van der Waals surface area contributed by atoms with Gasteiger partial charge in [0.1, 0.15) is 11.6 Å². The lowest BCUT2D eigenvalue weighted by Crippen LogP contribution is -2.59. The summed E-state index contributed by atoms with van der Waals surface area (Å²) in [6.07, 6.45) is 1.14. The highest BCUT2D eigenvalue weighted by Crippen LogP contribution is 2.60. The molecule has 3 fully saturated rings. The quantitative estimate of drug-likeness (QED) is 0.414. The van der Waals surface area contributed by atoms with Gasteiger partial charge in [-0.3, -0.25) is 14.4 Å². The van der Waals surface area contributed by atoms with Crippen LogP contribution < -0.4 is 10.6 Å². The van der Waals surface area contributed by atoms with E-state index in [1.807, 2.05) is 51.1 Å².